The molecule has 0 radical (unpaired) electrons. The second kappa shape index (κ2) is 8.11. The van der Waals surface area contributed by atoms with Crippen molar-refractivity contribution < 1.29 is 24.2 Å². The molecule has 5 nitrogen and oxygen atoms in total. The highest BCUT2D eigenvalue weighted by Crippen LogP contribution is 2.40. The van der Waals surface area contributed by atoms with E-state index in [1.54, 1.807) is 24.3 Å². The van der Waals surface area contributed by atoms with E-state index in [2.05, 4.69) is 6.58 Å². The highest BCUT2D eigenvalue weighted by atomic mass is 16.5. The number of aromatic hydroxyl groups is 1. The minimum Gasteiger partial charge on any atom is -0.507 e. The first-order valence-corrected chi connectivity index (χ1v) is 9.37. The molecule has 0 aliphatic carbocycles. The Bertz CT molecular complexity index is 890. The molecule has 0 spiro atoms. The molecule has 0 aliphatic rings. The van der Waals surface area contributed by atoms with Gasteiger partial charge in [0.25, 0.3) is 0 Å². The Morgan fingerprint density at radius 3 is 1.66 bits per heavy atom. The first kappa shape index (κ1) is 22.2. The number of ether oxygens (including phenoxy) is 2. The third-order valence-corrected chi connectivity index (χ3v) is 4.38. The van der Waals surface area contributed by atoms with Crippen LogP contribution >= 0.6 is 0 Å². The Labute approximate surface area is 172 Å². The summed E-state index contributed by atoms with van der Waals surface area (Å²) in [6.45, 7) is 15.2. The zero-order valence-electron chi connectivity index (χ0n) is 17.8. The number of esters is 2. The molecule has 154 valence electrons. The van der Waals surface area contributed by atoms with Crippen molar-refractivity contribution in [2.24, 2.45) is 0 Å². The Kier molecular flexibility index (Phi) is 6.21. The lowest BCUT2D eigenvalue weighted by atomic mass is 9.78. The number of hydrogen-bond donors (Lipinski definition) is 1. The number of benzene rings is 2. The van der Waals surface area contributed by atoms with Crippen LogP contribution in [0.5, 0.6) is 17.2 Å². The van der Waals surface area contributed by atoms with E-state index in [4.69, 9.17) is 9.47 Å². The summed E-state index contributed by atoms with van der Waals surface area (Å²) in [4.78, 5) is 24.0. The average molecular weight is 396 g/mol. The van der Waals surface area contributed by atoms with Gasteiger partial charge in [0.15, 0.2) is 0 Å². The van der Waals surface area contributed by atoms with Crippen molar-refractivity contribution in [1.82, 2.24) is 0 Å². The molecule has 0 unspecified atom stereocenters. The zero-order valence-corrected chi connectivity index (χ0v) is 17.8. The Morgan fingerprint density at radius 2 is 1.28 bits per heavy atom. The summed E-state index contributed by atoms with van der Waals surface area (Å²) in [5, 5.41) is 10.8. The summed E-state index contributed by atoms with van der Waals surface area (Å²) in [6, 6.07) is 9.49. The molecule has 0 heterocycles. The number of carbonyl (C=O) groups is 2. The minimum atomic E-state index is -0.566. The molecule has 0 aliphatic heterocycles. The first-order chi connectivity index (χ1) is 13.3. The Morgan fingerprint density at radius 1 is 0.862 bits per heavy atom. The highest BCUT2D eigenvalue weighted by molar-refractivity contribution is 5.92. The van der Waals surface area contributed by atoms with Crippen LogP contribution in [0.3, 0.4) is 0 Å². The van der Waals surface area contributed by atoms with E-state index in [-0.39, 0.29) is 16.6 Å². The van der Waals surface area contributed by atoms with Gasteiger partial charge in [-0.15, -0.1) is 0 Å². The van der Waals surface area contributed by atoms with Crippen LogP contribution in [0.2, 0.25) is 0 Å². The lowest BCUT2D eigenvalue weighted by Gasteiger charge is -2.27. The minimum absolute atomic E-state index is 0.204. The maximum atomic E-state index is 12.8. The third-order valence-electron chi connectivity index (χ3n) is 4.38. The maximum absolute atomic E-state index is 12.8. The number of rotatable bonds is 4. The van der Waals surface area contributed by atoms with E-state index in [1.165, 1.54) is 12.1 Å². The van der Waals surface area contributed by atoms with Gasteiger partial charge in [-0.1, -0.05) is 48.1 Å². The van der Waals surface area contributed by atoms with Crippen LogP contribution in [0.15, 0.2) is 49.1 Å². The van der Waals surface area contributed by atoms with Gasteiger partial charge in [0.05, 0.1) is 5.56 Å². The van der Waals surface area contributed by atoms with Crippen molar-refractivity contribution in [2.45, 2.75) is 52.4 Å². The van der Waals surface area contributed by atoms with Crippen LogP contribution in [0.1, 0.15) is 63.0 Å². The molecule has 0 amide bonds. The van der Waals surface area contributed by atoms with Crippen LogP contribution in [-0.4, -0.2) is 17.0 Å². The molecule has 5 heteroatoms. The van der Waals surface area contributed by atoms with Gasteiger partial charge >= 0.3 is 11.9 Å². The van der Waals surface area contributed by atoms with E-state index in [1.807, 2.05) is 41.5 Å². The molecule has 2 aromatic carbocycles. The second-order valence-electron chi connectivity index (χ2n) is 8.91. The molecule has 29 heavy (non-hydrogen) atoms. The third kappa shape index (κ3) is 5.47. The molecule has 0 bridgehead atoms. The molecule has 2 aromatic rings. The number of phenolic OH excluding ortho intramolecular Hbond substituents is 1. The van der Waals surface area contributed by atoms with Crippen molar-refractivity contribution in [1.29, 1.82) is 0 Å². The van der Waals surface area contributed by atoms with E-state index in [0.29, 0.717) is 28.2 Å². The topological polar surface area (TPSA) is 72.8 Å². The number of phenols is 1. The van der Waals surface area contributed by atoms with Gasteiger partial charge in [-0.25, -0.2) is 9.59 Å². The molecule has 0 saturated heterocycles. The molecule has 0 atom stereocenters. The van der Waals surface area contributed by atoms with Gasteiger partial charge in [-0.05, 0) is 47.2 Å². The fourth-order valence-corrected chi connectivity index (χ4v) is 2.80. The molecule has 1 N–H and O–H groups in total. The zero-order chi connectivity index (χ0) is 22.0. The summed E-state index contributed by atoms with van der Waals surface area (Å²) in [5.74, 6) is -0.254. The summed E-state index contributed by atoms with van der Waals surface area (Å²) < 4.78 is 10.5. The van der Waals surface area contributed by atoms with Crippen molar-refractivity contribution in [3.63, 3.8) is 0 Å². The molecular formula is C24H28O5. The largest absolute Gasteiger partial charge is 0.507 e. The van der Waals surface area contributed by atoms with Crippen LogP contribution in [0.25, 0.3) is 0 Å². The number of hydrogen-bond acceptors (Lipinski definition) is 5. The maximum Gasteiger partial charge on any atom is 0.343 e. The second-order valence-corrected chi connectivity index (χ2v) is 8.91. The van der Waals surface area contributed by atoms with Crippen LogP contribution in [0.4, 0.5) is 0 Å². The van der Waals surface area contributed by atoms with Gasteiger partial charge in [-0.3, -0.25) is 0 Å². The van der Waals surface area contributed by atoms with Gasteiger partial charge in [-0.2, -0.15) is 0 Å². The summed E-state index contributed by atoms with van der Waals surface area (Å²) in [5.41, 5.74) is 1.03. The standard InChI is InChI=1S/C24H28O5/c1-8-20(25)28-16-9-11-17(12-10-16)29-22(27)15-13-18(23(2,3)4)21(26)19(14-15)24(5,6)7/h8-14,26H,1H2,2-7H3. The van der Waals surface area contributed by atoms with Crippen molar-refractivity contribution in [3.8, 4) is 17.2 Å². The molecule has 0 aromatic heterocycles. The predicted molar refractivity (Wildman–Crippen MR) is 113 cm³/mol. The fourth-order valence-electron chi connectivity index (χ4n) is 2.80. The van der Waals surface area contributed by atoms with Crippen LogP contribution in [0, 0.1) is 0 Å². The molecule has 0 saturated carbocycles. The van der Waals surface area contributed by atoms with Crippen molar-refractivity contribution >= 4 is 11.9 Å². The van der Waals surface area contributed by atoms with E-state index >= 15 is 0 Å². The van der Waals surface area contributed by atoms with E-state index in [0.717, 1.165) is 6.08 Å². The number of carbonyl (C=O) groups excluding carboxylic acids is 2. The molecular weight excluding hydrogens is 368 g/mol. The lowest BCUT2D eigenvalue weighted by molar-refractivity contribution is -0.128. The van der Waals surface area contributed by atoms with E-state index < -0.39 is 11.9 Å². The van der Waals surface area contributed by atoms with Crippen LogP contribution < -0.4 is 9.47 Å². The van der Waals surface area contributed by atoms with Gasteiger partial charge < -0.3 is 14.6 Å². The Balaban J connectivity index is 2.35. The smallest absolute Gasteiger partial charge is 0.343 e. The summed E-state index contributed by atoms with van der Waals surface area (Å²) in [7, 11) is 0. The monoisotopic (exact) mass is 396 g/mol. The van der Waals surface area contributed by atoms with Gasteiger partial charge in [0.1, 0.15) is 17.2 Å². The van der Waals surface area contributed by atoms with Crippen LogP contribution in [-0.2, 0) is 15.6 Å². The van der Waals surface area contributed by atoms with Gasteiger partial charge in [0.2, 0.25) is 0 Å². The van der Waals surface area contributed by atoms with E-state index in [9.17, 15) is 14.7 Å². The normalized spacial score (nSPS) is 11.7. The summed E-state index contributed by atoms with van der Waals surface area (Å²) in [6.07, 6.45) is 1.07. The van der Waals surface area contributed by atoms with Crippen molar-refractivity contribution in [3.05, 3.63) is 65.7 Å². The van der Waals surface area contributed by atoms with Crippen molar-refractivity contribution in [2.75, 3.05) is 0 Å². The highest BCUT2D eigenvalue weighted by Gasteiger charge is 2.28. The molecule has 2 rings (SSSR count). The fraction of sp³-hybridized carbons (Fsp3) is 0.333. The first-order valence-electron chi connectivity index (χ1n) is 9.37. The quantitative estimate of drug-likeness (QED) is 0.431. The predicted octanol–water partition coefficient (Wildman–Crippen LogP) is 5.30. The summed E-state index contributed by atoms with van der Waals surface area (Å²) >= 11 is 0. The average Bonchev–Trinajstić information content (AvgIpc) is 2.61. The van der Waals surface area contributed by atoms with Gasteiger partial charge in [0, 0.05) is 17.2 Å². The Hall–Kier alpha value is -3.08. The SMILES string of the molecule is C=CC(=O)Oc1ccc(OC(=O)c2cc(C(C)(C)C)c(O)c(C(C)(C)C)c2)cc1. The molecule has 0 fully saturated rings. The lowest BCUT2D eigenvalue weighted by Crippen LogP contribution is -2.20.